The molecule has 6 heteroatoms. The standard InChI is InChI=1S/C36H37N5O/c42-36(32-18-17-29-7-1-2-8-31(29)23-32)40-21-22-41(34-12-5-9-30-10-6-20-39-35(30)34)26-28-15-13-27(14-16-28)24-37-25-33-11-3-4-19-38-33/h1-4,6-8,10-11,13-20,23,34,37H,5,9,12,21-22,24-26H2,(H,40,42). The van der Waals surface area contributed by atoms with Gasteiger partial charge < -0.3 is 10.6 Å². The molecule has 5 aromatic rings. The van der Waals surface area contributed by atoms with Crippen LogP contribution in [0.3, 0.4) is 0 Å². The summed E-state index contributed by atoms with van der Waals surface area (Å²) in [6.45, 7) is 3.65. The van der Waals surface area contributed by atoms with Crippen LogP contribution in [0.25, 0.3) is 10.8 Å². The lowest BCUT2D eigenvalue weighted by Gasteiger charge is -2.35. The van der Waals surface area contributed by atoms with E-state index >= 15 is 0 Å². The highest BCUT2D eigenvalue weighted by molar-refractivity contribution is 5.98. The maximum Gasteiger partial charge on any atom is 0.251 e. The topological polar surface area (TPSA) is 70.2 Å². The van der Waals surface area contributed by atoms with Crippen LogP contribution in [-0.2, 0) is 26.1 Å². The molecule has 2 heterocycles. The van der Waals surface area contributed by atoms with E-state index in [1.54, 1.807) is 0 Å². The number of benzene rings is 3. The Balaban J connectivity index is 1.11. The summed E-state index contributed by atoms with van der Waals surface area (Å²) >= 11 is 0. The monoisotopic (exact) mass is 555 g/mol. The summed E-state index contributed by atoms with van der Waals surface area (Å²) in [4.78, 5) is 24.7. The molecule has 1 aliphatic rings. The molecule has 42 heavy (non-hydrogen) atoms. The van der Waals surface area contributed by atoms with Gasteiger partial charge in [0.05, 0.1) is 17.4 Å². The maximum absolute atomic E-state index is 13.1. The van der Waals surface area contributed by atoms with E-state index in [-0.39, 0.29) is 11.9 Å². The highest BCUT2D eigenvalue weighted by Gasteiger charge is 2.27. The second-order valence-electron chi connectivity index (χ2n) is 11.0. The van der Waals surface area contributed by atoms with Gasteiger partial charge in [-0.15, -0.1) is 0 Å². The fraction of sp³-hybridized carbons (Fsp3) is 0.250. The van der Waals surface area contributed by atoms with Gasteiger partial charge in [-0.3, -0.25) is 19.7 Å². The van der Waals surface area contributed by atoms with E-state index in [0.717, 1.165) is 61.9 Å². The maximum atomic E-state index is 13.1. The van der Waals surface area contributed by atoms with Gasteiger partial charge in [0.15, 0.2) is 0 Å². The smallest absolute Gasteiger partial charge is 0.251 e. The molecule has 0 aliphatic heterocycles. The summed E-state index contributed by atoms with van der Waals surface area (Å²) in [5, 5.41) is 8.87. The van der Waals surface area contributed by atoms with Gasteiger partial charge in [0.2, 0.25) is 0 Å². The van der Waals surface area contributed by atoms with Crippen molar-refractivity contribution in [3.63, 3.8) is 0 Å². The van der Waals surface area contributed by atoms with E-state index in [1.807, 2.05) is 73.1 Å². The summed E-state index contributed by atoms with van der Waals surface area (Å²) in [6, 6.07) is 33.3. The SMILES string of the molecule is O=C(NCCN(Cc1ccc(CNCc2ccccn2)cc1)C1CCCc2cccnc21)c1ccc2ccccc2c1. The van der Waals surface area contributed by atoms with Gasteiger partial charge in [-0.25, -0.2) is 0 Å². The van der Waals surface area contributed by atoms with Crippen LogP contribution in [0.2, 0.25) is 0 Å². The first-order valence-electron chi connectivity index (χ1n) is 14.9. The normalized spacial score (nSPS) is 14.5. The average Bonchev–Trinajstić information content (AvgIpc) is 3.05. The number of nitrogens with zero attached hydrogens (tertiary/aromatic N) is 3. The van der Waals surface area contributed by atoms with Crippen LogP contribution < -0.4 is 10.6 Å². The van der Waals surface area contributed by atoms with Crippen LogP contribution in [0.1, 0.15) is 57.3 Å². The zero-order valence-corrected chi connectivity index (χ0v) is 23.9. The minimum Gasteiger partial charge on any atom is -0.351 e. The van der Waals surface area contributed by atoms with Crippen molar-refractivity contribution in [3.05, 3.63) is 143 Å². The molecule has 0 bridgehead atoms. The third kappa shape index (κ3) is 6.90. The predicted octanol–water partition coefficient (Wildman–Crippen LogP) is 6.23. The van der Waals surface area contributed by atoms with E-state index in [9.17, 15) is 4.79 Å². The fourth-order valence-electron chi connectivity index (χ4n) is 5.87. The van der Waals surface area contributed by atoms with E-state index < -0.39 is 0 Å². The second-order valence-corrected chi connectivity index (χ2v) is 11.0. The van der Waals surface area contributed by atoms with Gasteiger partial charge >= 0.3 is 0 Å². The average molecular weight is 556 g/mol. The number of nitrogens with one attached hydrogen (secondary N) is 2. The van der Waals surface area contributed by atoms with Gasteiger partial charge in [-0.1, -0.05) is 66.7 Å². The van der Waals surface area contributed by atoms with E-state index in [4.69, 9.17) is 4.98 Å². The first-order chi connectivity index (χ1) is 20.7. The van der Waals surface area contributed by atoms with Gasteiger partial charge in [0.25, 0.3) is 5.91 Å². The van der Waals surface area contributed by atoms with Gasteiger partial charge in [0, 0.05) is 50.7 Å². The van der Waals surface area contributed by atoms with E-state index in [2.05, 4.69) is 56.9 Å². The number of pyridine rings is 2. The van der Waals surface area contributed by atoms with Gasteiger partial charge in [-0.05, 0) is 77.1 Å². The Hall–Kier alpha value is -4.39. The lowest BCUT2D eigenvalue weighted by Crippen LogP contribution is -2.38. The number of aromatic nitrogens is 2. The Morgan fingerprint density at radius 3 is 2.48 bits per heavy atom. The molecular weight excluding hydrogens is 518 g/mol. The first-order valence-corrected chi connectivity index (χ1v) is 14.9. The van der Waals surface area contributed by atoms with Gasteiger partial charge in [-0.2, -0.15) is 0 Å². The largest absolute Gasteiger partial charge is 0.351 e. The third-order valence-corrected chi connectivity index (χ3v) is 8.07. The van der Waals surface area contributed by atoms with Crippen molar-refractivity contribution >= 4 is 16.7 Å². The van der Waals surface area contributed by atoms with Crippen LogP contribution in [0.4, 0.5) is 0 Å². The highest BCUT2D eigenvalue weighted by Crippen LogP contribution is 2.33. The summed E-state index contributed by atoms with van der Waals surface area (Å²) < 4.78 is 0. The van der Waals surface area contributed by atoms with Crippen molar-refractivity contribution in [1.82, 2.24) is 25.5 Å². The number of carbonyl (C=O) groups excluding carboxylic acids is 1. The number of amides is 1. The lowest BCUT2D eigenvalue weighted by atomic mass is 9.90. The van der Waals surface area contributed by atoms with Gasteiger partial charge in [0.1, 0.15) is 0 Å². The lowest BCUT2D eigenvalue weighted by molar-refractivity contribution is 0.0939. The Morgan fingerprint density at radius 2 is 1.62 bits per heavy atom. The zero-order valence-electron chi connectivity index (χ0n) is 23.9. The predicted molar refractivity (Wildman–Crippen MR) is 168 cm³/mol. The zero-order chi connectivity index (χ0) is 28.6. The minimum absolute atomic E-state index is 0.0366. The van der Waals surface area contributed by atoms with Crippen molar-refractivity contribution in [3.8, 4) is 0 Å². The molecule has 0 saturated carbocycles. The molecule has 1 atom stereocenters. The Labute approximate surface area is 247 Å². The molecule has 0 radical (unpaired) electrons. The van der Waals surface area contributed by atoms with Crippen molar-refractivity contribution in [1.29, 1.82) is 0 Å². The number of rotatable bonds is 11. The molecule has 3 aromatic carbocycles. The molecular formula is C36H37N5O. The molecule has 1 amide bonds. The molecule has 0 saturated heterocycles. The molecule has 0 spiro atoms. The Bertz CT molecular complexity index is 1620. The molecule has 2 aromatic heterocycles. The first kappa shape index (κ1) is 27.8. The summed E-state index contributed by atoms with van der Waals surface area (Å²) in [7, 11) is 0. The van der Waals surface area contributed by atoms with Crippen LogP contribution in [0.15, 0.2) is 109 Å². The van der Waals surface area contributed by atoms with Crippen molar-refractivity contribution in [2.45, 2.75) is 44.9 Å². The number of carbonyl (C=O) groups is 1. The third-order valence-electron chi connectivity index (χ3n) is 8.07. The summed E-state index contributed by atoms with van der Waals surface area (Å²) in [6.07, 6.45) is 7.02. The molecule has 0 fully saturated rings. The van der Waals surface area contributed by atoms with E-state index in [1.165, 1.54) is 22.4 Å². The number of hydrogen-bond donors (Lipinski definition) is 2. The Morgan fingerprint density at radius 1 is 0.810 bits per heavy atom. The number of aryl methyl sites for hydroxylation is 1. The quantitative estimate of drug-likeness (QED) is 0.202. The second kappa shape index (κ2) is 13.5. The molecule has 6 rings (SSSR count). The van der Waals surface area contributed by atoms with Crippen LogP contribution in [0.5, 0.6) is 0 Å². The van der Waals surface area contributed by atoms with Crippen LogP contribution in [-0.4, -0.2) is 33.9 Å². The van der Waals surface area contributed by atoms with Crippen molar-refractivity contribution < 1.29 is 4.79 Å². The molecule has 212 valence electrons. The molecule has 6 nitrogen and oxygen atoms in total. The number of hydrogen-bond acceptors (Lipinski definition) is 5. The number of fused-ring (bicyclic) bond motifs is 2. The summed E-state index contributed by atoms with van der Waals surface area (Å²) in [5.41, 5.74) is 6.75. The summed E-state index contributed by atoms with van der Waals surface area (Å²) in [5.74, 6) is -0.0366. The van der Waals surface area contributed by atoms with E-state index in [0.29, 0.717) is 12.1 Å². The minimum atomic E-state index is -0.0366. The molecule has 2 N–H and O–H groups in total. The molecule has 1 aliphatic carbocycles. The fourth-order valence-corrected chi connectivity index (χ4v) is 5.87. The highest BCUT2D eigenvalue weighted by atomic mass is 16.1. The van der Waals surface area contributed by atoms with Crippen LogP contribution in [0, 0.1) is 0 Å². The van der Waals surface area contributed by atoms with Crippen LogP contribution >= 0.6 is 0 Å². The Kier molecular flexibility index (Phi) is 8.93. The van der Waals surface area contributed by atoms with Crippen molar-refractivity contribution in [2.75, 3.05) is 13.1 Å². The van der Waals surface area contributed by atoms with Crippen molar-refractivity contribution in [2.24, 2.45) is 0 Å². The molecule has 1 unspecified atom stereocenters.